The predicted octanol–water partition coefficient (Wildman–Crippen LogP) is 1.12. The van der Waals surface area contributed by atoms with Crippen LogP contribution in [0, 0.1) is 0 Å². The molecule has 0 unspecified atom stereocenters. The lowest BCUT2D eigenvalue weighted by atomic mass is 10.5. The van der Waals surface area contributed by atoms with Crippen LogP contribution in [-0.2, 0) is 14.3 Å². The third-order valence-corrected chi connectivity index (χ3v) is 0.759. The van der Waals surface area contributed by atoms with E-state index in [0.29, 0.717) is 5.71 Å². The van der Waals surface area contributed by atoms with Crippen molar-refractivity contribution in [2.45, 2.75) is 20.8 Å². The molecule has 0 radical (unpaired) electrons. The summed E-state index contributed by atoms with van der Waals surface area (Å²) in [5.74, 6) is -0.500. The van der Waals surface area contributed by atoms with Gasteiger partial charge in [0.2, 0.25) is 6.79 Å². The molecule has 0 aromatic rings. The Morgan fingerprint density at radius 2 is 1.75 bits per heavy atom. The maximum absolute atomic E-state index is 10.6. The van der Waals surface area contributed by atoms with Crippen molar-refractivity contribution in [2.24, 2.45) is 4.99 Å². The third kappa shape index (κ3) is 6.73. The first-order chi connectivity index (χ1) is 5.52. The molecule has 0 saturated heterocycles. The highest BCUT2D eigenvalue weighted by Crippen LogP contribution is 1.87. The minimum absolute atomic E-state index is 0.384. The third-order valence-electron chi connectivity index (χ3n) is 0.759. The average molecular weight is 173 g/mol. The summed E-state index contributed by atoms with van der Waals surface area (Å²) in [7, 11) is 0. The Labute approximate surface area is 70.4 Å². The van der Waals surface area contributed by atoms with Crippen molar-refractivity contribution < 1.29 is 19.1 Å². The maximum atomic E-state index is 10.6. The van der Waals surface area contributed by atoms with Gasteiger partial charge in [-0.2, -0.15) is 4.99 Å². The van der Waals surface area contributed by atoms with E-state index >= 15 is 0 Å². The lowest BCUT2D eigenvalue weighted by molar-refractivity contribution is -0.148. The van der Waals surface area contributed by atoms with Gasteiger partial charge in [0.1, 0.15) is 0 Å². The Hall–Kier alpha value is -1.39. The molecule has 1 amide bonds. The normalized spacial score (nSPS) is 8.58. The molecule has 0 saturated carbocycles. The fraction of sp³-hybridized carbons (Fsp3) is 0.571. The maximum Gasteiger partial charge on any atom is 0.436 e. The first-order valence-electron chi connectivity index (χ1n) is 3.34. The number of carbonyl (C=O) groups is 2. The molecule has 5 heteroatoms. The van der Waals surface area contributed by atoms with E-state index in [4.69, 9.17) is 0 Å². The first-order valence-corrected chi connectivity index (χ1v) is 3.34. The average Bonchev–Trinajstić information content (AvgIpc) is 1.84. The number of esters is 1. The van der Waals surface area contributed by atoms with Crippen molar-refractivity contribution in [3.63, 3.8) is 0 Å². The standard InChI is InChI=1S/C7H11NO4/c1-5(2)8-7(10)12-4-11-6(3)9/h4H2,1-3H3. The van der Waals surface area contributed by atoms with Gasteiger partial charge in [-0.1, -0.05) is 0 Å². The number of rotatable bonds is 2. The van der Waals surface area contributed by atoms with Gasteiger partial charge in [-0.25, -0.2) is 4.79 Å². The van der Waals surface area contributed by atoms with E-state index in [9.17, 15) is 9.59 Å². The van der Waals surface area contributed by atoms with E-state index in [1.54, 1.807) is 13.8 Å². The molecule has 0 spiro atoms. The number of hydrogen-bond donors (Lipinski definition) is 0. The van der Waals surface area contributed by atoms with Gasteiger partial charge < -0.3 is 9.47 Å². The zero-order valence-corrected chi connectivity index (χ0v) is 7.29. The molecule has 0 heterocycles. The monoisotopic (exact) mass is 173 g/mol. The largest absolute Gasteiger partial charge is 0.436 e. The lowest BCUT2D eigenvalue weighted by Crippen LogP contribution is -2.08. The summed E-state index contributed by atoms with van der Waals surface area (Å²) in [4.78, 5) is 24.3. The second kappa shape index (κ2) is 5.29. The molecule has 0 fully saturated rings. The molecule has 0 atom stereocenters. The number of amides is 1. The van der Waals surface area contributed by atoms with Gasteiger partial charge in [-0.05, 0) is 13.8 Å². The molecule has 0 N–H and O–H groups in total. The summed E-state index contributed by atoms with van der Waals surface area (Å²) in [6.45, 7) is 4.16. The minimum Gasteiger partial charge on any atom is -0.428 e. The highest BCUT2D eigenvalue weighted by atomic mass is 16.7. The molecule has 0 bridgehead atoms. The fourth-order valence-corrected chi connectivity index (χ4v) is 0.378. The minimum atomic E-state index is -0.753. The summed E-state index contributed by atoms with van der Waals surface area (Å²) in [5, 5.41) is 0. The van der Waals surface area contributed by atoms with E-state index in [1.807, 2.05) is 0 Å². The van der Waals surface area contributed by atoms with Gasteiger partial charge in [0.05, 0.1) is 0 Å². The summed E-state index contributed by atoms with van der Waals surface area (Å²) < 4.78 is 8.74. The molecular formula is C7H11NO4. The van der Waals surface area contributed by atoms with Crippen LogP contribution in [0.3, 0.4) is 0 Å². The molecule has 0 rings (SSSR count). The second-order valence-electron chi connectivity index (χ2n) is 2.22. The van der Waals surface area contributed by atoms with E-state index in [-0.39, 0.29) is 6.79 Å². The van der Waals surface area contributed by atoms with Gasteiger partial charge in [0, 0.05) is 12.6 Å². The number of hydrogen-bond acceptors (Lipinski definition) is 4. The molecule has 12 heavy (non-hydrogen) atoms. The topological polar surface area (TPSA) is 65.0 Å². The van der Waals surface area contributed by atoms with Gasteiger partial charge in [0.15, 0.2) is 0 Å². The predicted molar refractivity (Wildman–Crippen MR) is 41.9 cm³/mol. The number of carbonyl (C=O) groups excluding carboxylic acids is 2. The van der Waals surface area contributed by atoms with Crippen LogP contribution in [0.25, 0.3) is 0 Å². The summed E-state index contributed by atoms with van der Waals surface area (Å²) in [6.07, 6.45) is -0.753. The lowest BCUT2D eigenvalue weighted by Gasteiger charge is -2.00. The molecule has 0 aliphatic heterocycles. The summed E-state index contributed by atoms with van der Waals surface area (Å²) >= 11 is 0. The Morgan fingerprint density at radius 1 is 1.17 bits per heavy atom. The van der Waals surface area contributed by atoms with E-state index in [2.05, 4.69) is 14.5 Å². The molecule has 68 valence electrons. The molecule has 0 aromatic carbocycles. The SMILES string of the molecule is CC(=O)OCOC(=O)N=C(C)C. The van der Waals surface area contributed by atoms with Gasteiger partial charge >= 0.3 is 12.1 Å². The Balaban J connectivity index is 3.59. The van der Waals surface area contributed by atoms with Crippen molar-refractivity contribution >= 4 is 17.8 Å². The summed E-state index contributed by atoms with van der Waals surface area (Å²) in [6, 6.07) is 0. The fourth-order valence-electron chi connectivity index (χ4n) is 0.378. The highest BCUT2D eigenvalue weighted by Gasteiger charge is 1.99. The highest BCUT2D eigenvalue weighted by molar-refractivity contribution is 5.89. The number of aliphatic imine (C=N–C) groups is 1. The quantitative estimate of drug-likeness (QED) is 0.356. The molecule has 5 nitrogen and oxygen atoms in total. The van der Waals surface area contributed by atoms with Gasteiger partial charge in [-0.3, -0.25) is 4.79 Å². The van der Waals surface area contributed by atoms with Crippen LogP contribution in [0.4, 0.5) is 4.79 Å². The zero-order chi connectivity index (χ0) is 9.56. The Bertz CT molecular complexity index is 205. The van der Waals surface area contributed by atoms with Crippen LogP contribution < -0.4 is 0 Å². The molecular weight excluding hydrogens is 162 g/mol. The van der Waals surface area contributed by atoms with E-state index in [0.717, 1.165) is 0 Å². The van der Waals surface area contributed by atoms with Crippen LogP contribution >= 0.6 is 0 Å². The van der Waals surface area contributed by atoms with Crippen molar-refractivity contribution in [3.05, 3.63) is 0 Å². The second-order valence-corrected chi connectivity index (χ2v) is 2.22. The van der Waals surface area contributed by atoms with Crippen LogP contribution in [-0.4, -0.2) is 24.6 Å². The molecule has 0 aromatic heterocycles. The zero-order valence-electron chi connectivity index (χ0n) is 7.29. The van der Waals surface area contributed by atoms with E-state index in [1.165, 1.54) is 6.92 Å². The summed E-state index contributed by atoms with van der Waals surface area (Å²) in [5.41, 5.74) is 0.586. The van der Waals surface area contributed by atoms with Crippen LogP contribution in [0.2, 0.25) is 0 Å². The van der Waals surface area contributed by atoms with Crippen molar-refractivity contribution in [3.8, 4) is 0 Å². The van der Waals surface area contributed by atoms with Crippen molar-refractivity contribution in [1.29, 1.82) is 0 Å². The van der Waals surface area contributed by atoms with Crippen molar-refractivity contribution in [1.82, 2.24) is 0 Å². The van der Waals surface area contributed by atoms with Gasteiger partial charge in [-0.15, -0.1) is 0 Å². The van der Waals surface area contributed by atoms with Gasteiger partial charge in [0.25, 0.3) is 0 Å². The molecule has 0 aliphatic carbocycles. The number of nitrogens with zero attached hydrogens (tertiary/aromatic N) is 1. The van der Waals surface area contributed by atoms with Crippen LogP contribution in [0.5, 0.6) is 0 Å². The smallest absolute Gasteiger partial charge is 0.428 e. The van der Waals surface area contributed by atoms with Crippen molar-refractivity contribution in [2.75, 3.05) is 6.79 Å². The van der Waals surface area contributed by atoms with Crippen LogP contribution in [0.1, 0.15) is 20.8 Å². The van der Waals surface area contributed by atoms with E-state index < -0.39 is 12.1 Å². The van der Waals surface area contributed by atoms with Crippen LogP contribution in [0.15, 0.2) is 4.99 Å². The number of ether oxygens (including phenoxy) is 2. The Kier molecular flexibility index (Phi) is 4.67. The first kappa shape index (κ1) is 10.6. The Morgan fingerprint density at radius 3 is 2.17 bits per heavy atom. The molecule has 0 aliphatic rings.